The summed E-state index contributed by atoms with van der Waals surface area (Å²) in [5, 5.41) is 2.95. The highest BCUT2D eigenvalue weighted by atomic mass is 16.5. The zero-order valence-electron chi connectivity index (χ0n) is 13.1. The van der Waals surface area contributed by atoms with E-state index in [1.165, 1.54) is 12.8 Å². The molecule has 0 spiro atoms. The Bertz CT molecular complexity index is 663. The molecule has 120 valence electrons. The Morgan fingerprint density at radius 2 is 1.87 bits per heavy atom. The number of para-hydroxylation sites is 1. The van der Waals surface area contributed by atoms with Crippen molar-refractivity contribution in [1.29, 1.82) is 0 Å². The highest BCUT2D eigenvalue weighted by Gasteiger charge is 2.22. The average Bonchev–Trinajstić information content (AvgIpc) is 3.43. The van der Waals surface area contributed by atoms with Gasteiger partial charge < -0.3 is 15.8 Å². The van der Waals surface area contributed by atoms with Gasteiger partial charge in [-0.2, -0.15) is 0 Å². The van der Waals surface area contributed by atoms with Crippen molar-refractivity contribution < 1.29 is 9.53 Å². The largest absolute Gasteiger partial charge is 0.493 e. The molecule has 1 saturated carbocycles. The minimum Gasteiger partial charge on any atom is -0.493 e. The number of nitrogens with one attached hydrogen (secondary N) is 1. The normalized spacial score (nSPS) is 13.6. The maximum atomic E-state index is 12.2. The van der Waals surface area contributed by atoms with Crippen molar-refractivity contribution in [3.63, 3.8) is 0 Å². The predicted molar refractivity (Wildman–Crippen MR) is 90.2 cm³/mol. The highest BCUT2D eigenvalue weighted by molar-refractivity contribution is 5.94. The minimum atomic E-state index is -0.0921. The molecule has 1 aliphatic carbocycles. The predicted octanol–water partition coefficient (Wildman–Crippen LogP) is 2.86. The summed E-state index contributed by atoms with van der Waals surface area (Å²) in [5.74, 6) is 1.47. The first-order valence-corrected chi connectivity index (χ1v) is 8.04. The fourth-order valence-electron chi connectivity index (χ4n) is 2.35. The van der Waals surface area contributed by atoms with Crippen molar-refractivity contribution in [2.45, 2.75) is 25.9 Å². The van der Waals surface area contributed by atoms with Gasteiger partial charge in [0.2, 0.25) is 0 Å². The molecule has 0 bridgehead atoms. The minimum absolute atomic E-state index is 0.0921. The Morgan fingerprint density at radius 3 is 2.57 bits per heavy atom. The van der Waals surface area contributed by atoms with Gasteiger partial charge in [0, 0.05) is 24.2 Å². The topological polar surface area (TPSA) is 64.4 Å². The van der Waals surface area contributed by atoms with Gasteiger partial charge in [0.25, 0.3) is 5.91 Å². The lowest BCUT2D eigenvalue weighted by Crippen LogP contribution is -2.23. The zero-order valence-corrected chi connectivity index (χ0v) is 13.1. The van der Waals surface area contributed by atoms with Crippen LogP contribution in [0.1, 0.15) is 34.3 Å². The van der Waals surface area contributed by atoms with Gasteiger partial charge in [-0.3, -0.25) is 4.79 Å². The summed E-state index contributed by atoms with van der Waals surface area (Å²) >= 11 is 0. The van der Waals surface area contributed by atoms with E-state index >= 15 is 0 Å². The molecule has 0 radical (unpaired) electrons. The number of benzene rings is 2. The van der Waals surface area contributed by atoms with Gasteiger partial charge in [-0.15, -0.1) is 0 Å². The van der Waals surface area contributed by atoms with Crippen LogP contribution in [0.4, 0.5) is 0 Å². The lowest BCUT2D eigenvalue weighted by atomic mass is 10.1. The van der Waals surface area contributed by atoms with Crippen molar-refractivity contribution >= 4 is 5.91 Å². The Balaban J connectivity index is 1.59. The van der Waals surface area contributed by atoms with E-state index in [1.54, 1.807) is 12.1 Å². The van der Waals surface area contributed by atoms with Gasteiger partial charge in [0.1, 0.15) is 5.75 Å². The van der Waals surface area contributed by atoms with E-state index in [-0.39, 0.29) is 5.91 Å². The fraction of sp³-hybridized carbons (Fsp3) is 0.316. The molecule has 0 aliphatic heterocycles. The number of hydrogen-bond acceptors (Lipinski definition) is 3. The molecule has 1 aliphatic rings. The van der Waals surface area contributed by atoms with Crippen molar-refractivity contribution in [1.82, 2.24) is 5.32 Å². The molecule has 0 saturated heterocycles. The Hall–Kier alpha value is -2.33. The third-order valence-corrected chi connectivity index (χ3v) is 4.04. The Labute approximate surface area is 136 Å². The molecular weight excluding hydrogens is 288 g/mol. The van der Waals surface area contributed by atoms with Crippen molar-refractivity contribution in [2.75, 3.05) is 6.61 Å². The number of carbonyl (C=O) groups excluding carboxylic acids is 1. The van der Waals surface area contributed by atoms with Gasteiger partial charge in [0.15, 0.2) is 0 Å². The van der Waals surface area contributed by atoms with Gasteiger partial charge in [0.05, 0.1) is 6.61 Å². The molecule has 1 amide bonds. The first-order valence-electron chi connectivity index (χ1n) is 8.04. The molecule has 0 atom stereocenters. The maximum absolute atomic E-state index is 12.2. The number of hydrogen-bond donors (Lipinski definition) is 2. The third kappa shape index (κ3) is 4.33. The van der Waals surface area contributed by atoms with Crippen molar-refractivity contribution in [3.8, 4) is 5.75 Å². The summed E-state index contributed by atoms with van der Waals surface area (Å²) < 4.78 is 5.86. The second-order valence-corrected chi connectivity index (χ2v) is 5.95. The van der Waals surface area contributed by atoms with Crippen LogP contribution in [0, 0.1) is 5.92 Å². The van der Waals surface area contributed by atoms with Crippen LogP contribution < -0.4 is 15.8 Å². The van der Waals surface area contributed by atoms with E-state index in [9.17, 15) is 4.79 Å². The van der Waals surface area contributed by atoms with Crippen LogP contribution >= 0.6 is 0 Å². The van der Waals surface area contributed by atoms with E-state index in [1.807, 2.05) is 36.4 Å². The SMILES string of the molecule is NCc1ccc(C(=O)NCc2ccccc2OCC2CC2)cc1. The monoisotopic (exact) mass is 310 g/mol. The average molecular weight is 310 g/mol. The number of rotatable bonds is 7. The molecule has 4 heteroatoms. The smallest absolute Gasteiger partial charge is 0.251 e. The van der Waals surface area contributed by atoms with Crippen LogP contribution in [-0.2, 0) is 13.1 Å². The zero-order chi connectivity index (χ0) is 16.1. The Morgan fingerprint density at radius 1 is 1.13 bits per heavy atom. The number of amides is 1. The lowest BCUT2D eigenvalue weighted by Gasteiger charge is -2.12. The molecule has 0 unspecified atom stereocenters. The molecule has 2 aromatic carbocycles. The number of nitrogens with two attached hydrogens (primary N) is 1. The summed E-state index contributed by atoms with van der Waals surface area (Å²) in [6.45, 7) is 1.71. The Kier molecular flexibility index (Phi) is 4.93. The summed E-state index contributed by atoms with van der Waals surface area (Å²) in [4.78, 5) is 12.2. The van der Waals surface area contributed by atoms with Crippen LogP contribution in [0.3, 0.4) is 0 Å². The molecule has 1 fully saturated rings. The van der Waals surface area contributed by atoms with E-state index in [4.69, 9.17) is 10.5 Å². The van der Waals surface area contributed by atoms with E-state index < -0.39 is 0 Å². The molecule has 2 aromatic rings. The quantitative estimate of drug-likeness (QED) is 0.826. The van der Waals surface area contributed by atoms with Gasteiger partial charge >= 0.3 is 0 Å². The van der Waals surface area contributed by atoms with Crippen LogP contribution in [0.5, 0.6) is 5.75 Å². The summed E-state index contributed by atoms with van der Waals surface area (Å²) in [7, 11) is 0. The summed E-state index contributed by atoms with van der Waals surface area (Å²) in [6, 6.07) is 15.2. The number of carbonyl (C=O) groups is 1. The maximum Gasteiger partial charge on any atom is 0.251 e. The van der Waals surface area contributed by atoms with Crippen LogP contribution in [-0.4, -0.2) is 12.5 Å². The first kappa shape index (κ1) is 15.6. The lowest BCUT2D eigenvalue weighted by molar-refractivity contribution is 0.0950. The molecule has 0 heterocycles. The standard InChI is InChI=1S/C19H22N2O2/c20-11-14-7-9-16(10-8-14)19(22)21-12-17-3-1-2-4-18(17)23-13-15-5-6-15/h1-4,7-10,15H,5-6,11-13,20H2,(H,21,22). The van der Waals surface area contributed by atoms with E-state index in [2.05, 4.69) is 5.32 Å². The highest BCUT2D eigenvalue weighted by Crippen LogP contribution is 2.30. The third-order valence-electron chi connectivity index (χ3n) is 4.04. The second kappa shape index (κ2) is 7.29. The van der Waals surface area contributed by atoms with Crippen LogP contribution in [0.25, 0.3) is 0 Å². The van der Waals surface area contributed by atoms with Crippen LogP contribution in [0.2, 0.25) is 0 Å². The first-order chi connectivity index (χ1) is 11.3. The fourth-order valence-corrected chi connectivity index (χ4v) is 2.35. The molecule has 23 heavy (non-hydrogen) atoms. The molecule has 4 nitrogen and oxygen atoms in total. The van der Waals surface area contributed by atoms with E-state index in [0.717, 1.165) is 23.5 Å². The van der Waals surface area contributed by atoms with Crippen LogP contribution in [0.15, 0.2) is 48.5 Å². The van der Waals surface area contributed by atoms with E-state index in [0.29, 0.717) is 24.6 Å². The second-order valence-electron chi connectivity index (χ2n) is 5.95. The molecular formula is C19H22N2O2. The summed E-state index contributed by atoms with van der Waals surface area (Å²) in [6.07, 6.45) is 2.52. The van der Waals surface area contributed by atoms with Crippen molar-refractivity contribution in [2.24, 2.45) is 11.7 Å². The van der Waals surface area contributed by atoms with Gasteiger partial charge in [-0.05, 0) is 42.5 Å². The van der Waals surface area contributed by atoms with Crippen molar-refractivity contribution in [3.05, 3.63) is 65.2 Å². The summed E-state index contributed by atoms with van der Waals surface area (Å²) in [5.41, 5.74) is 8.22. The molecule has 0 aromatic heterocycles. The number of ether oxygens (including phenoxy) is 1. The van der Waals surface area contributed by atoms with Gasteiger partial charge in [-0.25, -0.2) is 0 Å². The molecule has 3 N–H and O–H groups in total. The molecule has 3 rings (SSSR count). The van der Waals surface area contributed by atoms with Gasteiger partial charge in [-0.1, -0.05) is 30.3 Å².